The molecule has 0 saturated carbocycles. The van der Waals surface area contributed by atoms with Crippen molar-refractivity contribution in [1.82, 2.24) is 15.3 Å². The van der Waals surface area contributed by atoms with Crippen LogP contribution in [0.5, 0.6) is 0 Å². The highest BCUT2D eigenvalue weighted by molar-refractivity contribution is 5.78. The molecular formula is C20H34N4O. The zero-order chi connectivity index (χ0) is 18.8. The average molecular weight is 347 g/mol. The fraction of sp³-hybridized carbons (Fsp3) is 0.750. The van der Waals surface area contributed by atoms with E-state index >= 15 is 0 Å². The summed E-state index contributed by atoms with van der Waals surface area (Å²) in [5.41, 5.74) is 1.07. The topological polar surface area (TPSA) is 58.1 Å². The SMILES string of the molecule is CC(C)C(=O)NC1CCCN(c2cc(C(C)(C)C)nc(C(C)C)n2)C1. The van der Waals surface area contributed by atoms with Gasteiger partial charge in [0.05, 0.1) is 5.69 Å². The number of nitrogens with one attached hydrogen (secondary N) is 1. The van der Waals surface area contributed by atoms with E-state index in [1.807, 2.05) is 13.8 Å². The Hall–Kier alpha value is -1.65. The van der Waals surface area contributed by atoms with E-state index in [9.17, 15) is 4.79 Å². The minimum absolute atomic E-state index is 0.0115. The molecule has 0 spiro atoms. The monoisotopic (exact) mass is 346 g/mol. The van der Waals surface area contributed by atoms with E-state index in [1.54, 1.807) is 0 Å². The molecular weight excluding hydrogens is 312 g/mol. The molecule has 5 heteroatoms. The molecule has 1 atom stereocenters. The van der Waals surface area contributed by atoms with Gasteiger partial charge >= 0.3 is 0 Å². The molecule has 1 aliphatic heterocycles. The lowest BCUT2D eigenvalue weighted by Crippen LogP contribution is -2.49. The van der Waals surface area contributed by atoms with Crippen LogP contribution in [0.2, 0.25) is 0 Å². The quantitative estimate of drug-likeness (QED) is 0.904. The normalized spacial score (nSPS) is 18.8. The highest BCUT2D eigenvalue weighted by atomic mass is 16.1. The number of aromatic nitrogens is 2. The van der Waals surface area contributed by atoms with E-state index in [1.165, 1.54) is 0 Å². The predicted octanol–water partition coefficient (Wildman–Crippen LogP) is 3.64. The molecule has 0 aromatic carbocycles. The number of amides is 1. The zero-order valence-electron chi connectivity index (χ0n) is 16.9. The Morgan fingerprint density at radius 2 is 1.92 bits per heavy atom. The molecule has 1 aromatic rings. The summed E-state index contributed by atoms with van der Waals surface area (Å²) in [6, 6.07) is 2.32. The molecule has 2 rings (SSSR count). The number of nitrogens with zero attached hydrogens (tertiary/aromatic N) is 3. The van der Waals surface area contributed by atoms with Gasteiger partial charge in [-0.05, 0) is 12.8 Å². The Bertz CT molecular complexity index is 604. The summed E-state index contributed by atoms with van der Waals surface area (Å²) in [6.45, 7) is 16.5. The first-order chi connectivity index (χ1) is 11.6. The van der Waals surface area contributed by atoms with Crippen molar-refractivity contribution in [3.05, 3.63) is 17.6 Å². The summed E-state index contributed by atoms with van der Waals surface area (Å²) >= 11 is 0. The highest BCUT2D eigenvalue weighted by Crippen LogP contribution is 2.27. The number of carbonyl (C=O) groups is 1. The molecule has 1 aromatic heterocycles. The summed E-state index contributed by atoms with van der Waals surface area (Å²) < 4.78 is 0. The maximum atomic E-state index is 12.0. The van der Waals surface area contributed by atoms with Crippen molar-refractivity contribution in [3.8, 4) is 0 Å². The highest BCUT2D eigenvalue weighted by Gasteiger charge is 2.26. The van der Waals surface area contributed by atoms with Crippen molar-refractivity contribution in [3.63, 3.8) is 0 Å². The van der Waals surface area contributed by atoms with Crippen molar-refractivity contribution in [2.24, 2.45) is 5.92 Å². The lowest BCUT2D eigenvalue weighted by molar-refractivity contribution is -0.124. The van der Waals surface area contributed by atoms with Gasteiger partial charge in [-0.25, -0.2) is 9.97 Å². The average Bonchev–Trinajstić information content (AvgIpc) is 2.53. The molecule has 2 heterocycles. The predicted molar refractivity (Wildman–Crippen MR) is 103 cm³/mol. The van der Waals surface area contributed by atoms with Crippen LogP contribution in [0.15, 0.2) is 6.07 Å². The first-order valence-corrected chi connectivity index (χ1v) is 9.52. The van der Waals surface area contributed by atoms with Gasteiger partial charge in [0.15, 0.2) is 0 Å². The Morgan fingerprint density at radius 1 is 1.24 bits per heavy atom. The number of hydrogen-bond donors (Lipinski definition) is 1. The molecule has 1 aliphatic rings. The fourth-order valence-corrected chi connectivity index (χ4v) is 2.93. The Labute approximate surface area is 152 Å². The van der Waals surface area contributed by atoms with Crippen molar-refractivity contribution >= 4 is 11.7 Å². The van der Waals surface area contributed by atoms with Crippen LogP contribution in [0, 0.1) is 5.92 Å². The molecule has 1 unspecified atom stereocenters. The summed E-state index contributed by atoms with van der Waals surface area (Å²) in [5, 5.41) is 3.18. The maximum Gasteiger partial charge on any atom is 0.222 e. The molecule has 1 amide bonds. The van der Waals surface area contributed by atoms with Crippen molar-refractivity contribution < 1.29 is 4.79 Å². The number of hydrogen-bond acceptors (Lipinski definition) is 4. The van der Waals surface area contributed by atoms with Crippen LogP contribution in [0.4, 0.5) is 5.82 Å². The first kappa shape index (κ1) is 19.7. The van der Waals surface area contributed by atoms with E-state index in [4.69, 9.17) is 9.97 Å². The van der Waals surface area contributed by atoms with E-state index in [2.05, 4.69) is 50.9 Å². The second-order valence-electron chi connectivity index (χ2n) is 8.82. The number of piperidine rings is 1. The molecule has 1 N–H and O–H groups in total. The largest absolute Gasteiger partial charge is 0.354 e. The minimum atomic E-state index is -0.0115. The third-order valence-electron chi connectivity index (χ3n) is 4.63. The van der Waals surface area contributed by atoms with Gasteiger partial charge < -0.3 is 10.2 Å². The maximum absolute atomic E-state index is 12.0. The van der Waals surface area contributed by atoms with E-state index in [0.717, 1.165) is 43.3 Å². The summed E-state index contributed by atoms with van der Waals surface area (Å²) in [7, 11) is 0. The van der Waals surface area contributed by atoms with E-state index in [-0.39, 0.29) is 23.3 Å². The van der Waals surface area contributed by atoms with Crippen LogP contribution in [0.3, 0.4) is 0 Å². The van der Waals surface area contributed by atoms with E-state index < -0.39 is 0 Å². The molecule has 25 heavy (non-hydrogen) atoms. The van der Waals surface area contributed by atoms with Gasteiger partial charge in [-0.3, -0.25) is 4.79 Å². The van der Waals surface area contributed by atoms with Crippen LogP contribution in [-0.2, 0) is 10.2 Å². The zero-order valence-corrected chi connectivity index (χ0v) is 16.9. The number of carbonyl (C=O) groups excluding carboxylic acids is 1. The van der Waals surface area contributed by atoms with Gasteiger partial charge in [-0.2, -0.15) is 0 Å². The molecule has 1 saturated heterocycles. The van der Waals surface area contributed by atoms with Crippen LogP contribution in [-0.4, -0.2) is 35.0 Å². The van der Waals surface area contributed by atoms with Crippen LogP contribution < -0.4 is 10.2 Å². The van der Waals surface area contributed by atoms with Crippen LogP contribution >= 0.6 is 0 Å². The lowest BCUT2D eigenvalue weighted by atomic mass is 9.91. The van der Waals surface area contributed by atoms with Gasteiger partial charge in [0.1, 0.15) is 11.6 Å². The third kappa shape index (κ3) is 5.16. The second kappa shape index (κ2) is 7.71. The molecule has 5 nitrogen and oxygen atoms in total. The summed E-state index contributed by atoms with van der Waals surface area (Å²) in [5.74, 6) is 2.34. The number of anilines is 1. The Morgan fingerprint density at radius 3 is 2.48 bits per heavy atom. The molecule has 0 aliphatic carbocycles. The van der Waals surface area contributed by atoms with Gasteiger partial charge in [-0.1, -0.05) is 48.5 Å². The second-order valence-corrected chi connectivity index (χ2v) is 8.82. The van der Waals surface area contributed by atoms with Crippen molar-refractivity contribution in [2.75, 3.05) is 18.0 Å². The Kier molecular flexibility index (Phi) is 6.07. The minimum Gasteiger partial charge on any atom is -0.354 e. The molecule has 0 bridgehead atoms. The van der Waals surface area contributed by atoms with Gasteiger partial charge in [0.2, 0.25) is 5.91 Å². The van der Waals surface area contributed by atoms with Gasteiger partial charge in [0, 0.05) is 42.4 Å². The van der Waals surface area contributed by atoms with Gasteiger partial charge in [0.25, 0.3) is 0 Å². The van der Waals surface area contributed by atoms with Crippen molar-refractivity contribution in [2.45, 2.75) is 78.7 Å². The summed E-state index contributed by atoms with van der Waals surface area (Å²) in [6.07, 6.45) is 2.10. The fourth-order valence-electron chi connectivity index (χ4n) is 2.93. The molecule has 1 fully saturated rings. The molecule has 140 valence electrons. The molecule has 0 radical (unpaired) electrons. The summed E-state index contributed by atoms with van der Waals surface area (Å²) in [4.78, 5) is 23.9. The van der Waals surface area contributed by atoms with Gasteiger partial charge in [-0.15, -0.1) is 0 Å². The van der Waals surface area contributed by atoms with E-state index in [0.29, 0.717) is 5.92 Å². The van der Waals surface area contributed by atoms with Crippen LogP contribution in [0.25, 0.3) is 0 Å². The number of rotatable bonds is 4. The third-order valence-corrected chi connectivity index (χ3v) is 4.63. The standard InChI is InChI=1S/C20H34N4O/c1-13(2)18-22-16(20(5,6)7)11-17(23-18)24-10-8-9-15(12-24)21-19(25)14(3)4/h11,13-15H,8-10,12H2,1-7H3,(H,21,25). The lowest BCUT2D eigenvalue weighted by Gasteiger charge is -2.35. The first-order valence-electron chi connectivity index (χ1n) is 9.52. The van der Waals surface area contributed by atoms with Crippen molar-refractivity contribution in [1.29, 1.82) is 0 Å². The smallest absolute Gasteiger partial charge is 0.222 e. The van der Waals surface area contributed by atoms with Crippen LogP contribution in [0.1, 0.15) is 78.7 Å². The Balaban J connectivity index is 2.24.